The maximum atomic E-state index is 13.3. The zero-order valence-electron chi connectivity index (χ0n) is 8.95. The molecule has 0 aromatic heterocycles. The van der Waals surface area contributed by atoms with Crippen molar-refractivity contribution in [3.05, 3.63) is 57.8 Å². The molecular weight excluding hydrogens is 278 g/mol. The Morgan fingerprint density at radius 2 is 1.72 bits per heavy atom. The number of aromatic carboxylic acids is 1. The normalized spacial score (nSPS) is 10.4. The van der Waals surface area contributed by atoms with Crippen LogP contribution >= 0.6 is 23.2 Å². The van der Waals surface area contributed by atoms with Gasteiger partial charge in [-0.05, 0) is 29.8 Å². The number of rotatable bonds is 2. The molecule has 0 aliphatic carbocycles. The fraction of sp³-hybridized carbons (Fsp3) is 0. The minimum atomic E-state index is -1.34. The lowest BCUT2D eigenvalue weighted by Crippen LogP contribution is -2.00. The smallest absolute Gasteiger partial charge is 0.338 e. The van der Waals surface area contributed by atoms with E-state index in [0.717, 1.165) is 6.07 Å². The van der Waals surface area contributed by atoms with Gasteiger partial charge in [-0.2, -0.15) is 0 Å². The van der Waals surface area contributed by atoms with E-state index in [-0.39, 0.29) is 0 Å². The molecule has 2 aromatic carbocycles. The third-order valence-corrected chi connectivity index (χ3v) is 3.08. The molecule has 0 radical (unpaired) electrons. The summed E-state index contributed by atoms with van der Waals surface area (Å²) in [5, 5.41) is 9.63. The highest BCUT2D eigenvalue weighted by Gasteiger charge is 2.14. The Bertz CT molecular complexity index is 606. The van der Waals surface area contributed by atoms with Crippen LogP contribution < -0.4 is 0 Å². The van der Waals surface area contributed by atoms with Crippen LogP contribution in [0.4, 0.5) is 4.39 Å². The van der Waals surface area contributed by atoms with Crippen LogP contribution in [0.5, 0.6) is 0 Å². The van der Waals surface area contributed by atoms with E-state index in [9.17, 15) is 9.18 Å². The second-order valence-electron chi connectivity index (χ2n) is 3.60. The lowest BCUT2D eigenvalue weighted by molar-refractivity contribution is 0.0692. The van der Waals surface area contributed by atoms with Crippen molar-refractivity contribution in [1.29, 1.82) is 0 Å². The quantitative estimate of drug-likeness (QED) is 0.882. The van der Waals surface area contributed by atoms with Gasteiger partial charge in [-0.3, -0.25) is 0 Å². The lowest BCUT2D eigenvalue weighted by Gasteiger charge is -2.08. The Balaban J connectivity index is 2.65. The molecule has 18 heavy (non-hydrogen) atoms. The van der Waals surface area contributed by atoms with E-state index in [1.54, 1.807) is 18.2 Å². The topological polar surface area (TPSA) is 37.3 Å². The minimum Gasteiger partial charge on any atom is -0.478 e. The molecule has 0 aliphatic heterocycles. The zero-order valence-corrected chi connectivity index (χ0v) is 10.5. The third kappa shape index (κ3) is 2.33. The Morgan fingerprint density at radius 3 is 2.28 bits per heavy atom. The van der Waals surface area contributed by atoms with Crippen LogP contribution in [0.15, 0.2) is 36.4 Å². The molecule has 5 heteroatoms. The van der Waals surface area contributed by atoms with Crippen LogP contribution in [0.25, 0.3) is 11.1 Å². The molecule has 92 valence electrons. The highest BCUT2D eigenvalue weighted by Crippen LogP contribution is 2.35. The van der Waals surface area contributed by atoms with Crippen LogP contribution in [-0.2, 0) is 0 Å². The molecule has 0 bridgehead atoms. The first-order valence-corrected chi connectivity index (χ1v) is 5.73. The number of carboxylic acids is 1. The minimum absolute atomic E-state index is 0.380. The molecule has 0 spiro atoms. The Kier molecular flexibility index (Phi) is 3.55. The van der Waals surface area contributed by atoms with Crippen molar-refractivity contribution >= 4 is 29.2 Å². The molecule has 0 atom stereocenters. The van der Waals surface area contributed by atoms with E-state index in [1.165, 1.54) is 12.1 Å². The maximum absolute atomic E-state index is 13.3. The highest BCUT2D eigenvalue weighted by molar-refractivity contribution is 6.39. The fourth-order valence-corrected chi connectivity index (χ4v) is 2.23. The second-order valence-corrected chi connectivity index (χ2v) is 4.41. The molecule has 0 aliphatic rings. The average Bonchev–Trinajstić information content (AvgIpc) is 2.30. The predicted octanol–water partition coefficient (Wildman–Crippen LogP) is 4.50. The van der Waals surface area contributed by atoms with Crippen LogP contribution in [-0.4, -0.2) is 11.1 Å². The van der Waals surface area contributed by atoms with Crippen LogP contribution in [0, 0.1) is 5.82 Å². The molecule has 0 fully saturated rings. The average molecular weight is 285 g/mol. The van der Waals surface area contributed by atoms with E-state index in [1.807, 2.05) is 0 Å². The Hall–Kier alpha value is -1.58. The van der Waals surface area contributed by atoms with Crippen molar-refractivity contribution in [2.75, 3.05) is 0 Å². The van der Waals surface area contributed by atoms with Gasteiger partial charge in [0, 0.05) is 15.6 Å². The number of carbonyl (C=O) groups is 1. The number of carboxylic acid groups (broad SMARTS) is 1. The summed E-state index contributed by atoms with van der Waals surface area (Å²) in [5.74, 6) is -2.13. The SMILES string of the molecule is O=C(O)c1cc(-c2c(Cl)cccc2Cl)ccc1F. The summed E-state index contributed by atoms with van der Waals surface area (Å²) in [6.07, 6.45) is 0. The zero-order chi connectivity index (χ0) is 13.3. The molecule has 1 N–H and O–H groups in total. The third-order valence-electron chi connectivity index (χ3n) is 2.45. The largest absolute Gasteiger partial charge is 0.478 e. The van der Waals surface area contributed by atoms with Gasteiger partial charge in [0.05, 0.1) is 5.56 Å². The van der Waals surface area contributed by atoms with E-state index in [2.05, 4.69) is 0 Å². The first kappa shape index (κ1) is 12.9. The van der Waals surface area contributed by atoms with Gasteiger partial charge in [0.25, 0.3) is 0 Å². The van der Waals surface area contributed by atoms with Crippen LogP contribution in [0.2, 0.25) is 10.0 Å². The van der Waals surface area contributed by atoms with Crippen molar-refractivity contribution in [3.8, 4) is 11.1 Å². The van der Waals surface area contributed by atoms with Crippen LogP contribution in [0.1, 0.15) is 10.4 Å². The van der Waals surface area contributed by atoms with Gasteiger partial charge in [-0.25, -0.2) is 9.18 Å². The first-order chi connectivity index (χ1) is 8.50. The molecule has 0 amide bonds. The van der Waals surface area contributed by atoms with Gasteiger partial charge in [0.1, 0.15) is 5.82 Å². The van der Waals surface area contributed by atoms with Crippen molar-refractivity contribution in [2.45, 2.75) is 0 Å². The van der Waals surface area contributed by atoms with E-state index >= 15 is 0 Å². The first-order valence-electron chi connectivity index (χ1n) is 4.98. The highest BCUT2D eigenvalue weighted by atomic mass is 35.5. The van der Waals surface area contributed by atoms with E-state index in [4.69, 9.17) is 28.3 Å². The summed E-state index contributed by atoms with van der Waals surface area (Å²) >= 11 is 12.0. The molecule has 0 saturated carbocycles. The van der Waals surface area contributed by atoms with Crippen molar-refractivity contribution in [2.24, 2.45) is 0 Å². The Labute approximate surface area is 113 Å². The standard InChI is InChI=1S/C13H7Cl2FO2/c14-9-2-1-3-10(15)12(9)7-4-5-11(16)8(6-7)13(17)18/h1-6H,(H,17,18). The summed E-state index contributed by atoms with van der Waals surface area (Å²) in [5.41, 5.74) is 0.538. The second kappa shape index (κ2) is 4.96. The predicted molar refractivity (Wildman–Crippen MR) is 68.8 cm³/mol. The molecule has 2 aromatic rings. The molecule has 0 saturated heterocycles. The van der Waals surface area contributed by atoms with Crippen LogP contribution in [0.3, 0.4) is 0 Å². The summed E-state index contributed by atoms with van der Waals surface area (Å²) in [7, 11) is 0. The van der Waals surface area contributed by atoms with Gasteiger partial charge < -0.3 is 5.11 Å². The molecule has 2 nitrogen and oxygen atoms in total. The Morgan fingerprint density at radius 1 is 1.11 bits per heavy atom. The fourth-order valence-electron chi connectivity index (χ4n) is 1.62. The number of benzene rings is 2. The summed E-state index contributed by atoms with van der Waals surface area (Å²) in [6.45, 7) is 0. The molecule has 0 heterocycles. The summed E-state index contributed by atoms with van der Waals surface area (Å²) in [6, 6.07) is 8.67. The van der Waals surface area contributed by atoms with Crippen molar-refractivity contribution < 1.29 is 14.3 Å². The van der Waals surface area contributed by atoms with E-state index < -0.39 is 17.3 Å². The molecule has 0 unspecified atom stereocenters. The summed E-state index contributed by atoms with van der Waals surface area (Å²) in [4.78, 5) is 10.9. The number of hydrogen-bond acceptors (Lipinski definition) is 1. The van der Waals surface area contributed by atoms with Gasteiger partial charge in [0.15, 0.2) is 0 Å². The number of hydrogen-bond donors (Lipinski definition) is 1. The van der Waals surface area contributed by atoms with Gasteiger partial charge in [-0.15, -0.1) is 0 Å². The van der Waals surface area contributed by atoms with Crippen molar-refractivity contribution in [3.63, 3.8) is 0 Å². The maximum Gasteiger partial charge on any atom is 0.338 e. The monoisotopic (exact) mass is 284 g/mol. The number of halogens is 3. The summed E-state index contributed by atoms with van der Waals surface area (Å²) < 4.78 is 13.3. The molecule has 2 rings (SSSR count). The van der Waals surface area contributed by atoms with Crippen molar-refractivity contribution in [1.82, 2.24) is 0 Å². The van der Waals surface area contributed by atoms with Gasteiger partial charge in [-0.1, -0.05) is 35.3 Å². The van der Waals surface area contributed by atoms with Gasteiger partial charge in [0.2, 0.25) is 0 Å². The lowest BCUT2D eigenvalue weighted by atomic mass is 10.0. The molecular formula is C13H7Cl2FO2. The van der Waals surface area contributed by atoms with E-state index in [0.29, 0.717) is 21.2 Å². The van der Waals surface area contributed by atoms with Gasteiger partial charge >= 0.3 is 5.97 Å².